The number of para-hydroxylation sites is 3. The van der Waals surface area contributed by atoms with Crippen molar-refractivity contribution in [2.45, 2.75) is 19.4 Å². The molecule has 0 spiro atoms. The fraction of sp³-hybridized carbons (Fsp3) is 0.0811. The Hall–Kier alpha value is -5.26. The molecule has 0 radical (unpaired) electrons. The van der Waals surface area contributed by atoms with Crippen molar-refractivity contribution in [2.24, 2.45) is 0 Å². The second-order valence-corrected chi connectivity index (χ2v) is 11.2. The molecular formula is C37H27N3O2. The molecule has 5 nitrogen and oxygen atoms in total. The molecule has 1 N–H and O–H groups in total. The second-order valence-electron chi connectivity index (χ2n) is 11.2. The van der Waals surface area contributed by atoms with Gasteiger partial charge in [0.25, 0.3) is 0 Å². The molecule has 3 heterocycles. The van der Waals surface area contributed by atoms with Crippen LogP contribution in [-0.2, 0) is 5.60 Å². The molecule has 202 valence electrons. The van der Waals surface area contributed by atoms with Gasteiger partial charge < -0.3 is 9.52 Å². The summed E-state index contributed by atoms with van der Waals surface area (Å²) in [6.07, 6.45) is 0. The first-order valence-corrected chi connectivity index (χ1v) is 14.1. The molecule has 42 heavy (non-hydrogen) atoms. The zero-order valence-corrected chi connectivity index (χ0v) is 23.2. The summed E-state index contributed by atoms with van der Waals surface area (Å²) >= 11 is 0. The van der Waals surface area contributed by atoms with Gasteiger partial charge in [0.2, 0.25) is 11.7 Å². The molecule has 0 saturated heterocycles. The summed E-state index contributed by atoms with van der Waals surface area (Å²) in [5, 5.41) is 15.1. The van der Waals surface area contributed by atoms with Gasteiger partial charge in [-0.05, 0) is 37.1 Å². The van der Waals surface area contributed by atoms with Crippen LogP contribution in [0.1, 0.15) is 19.4 Å². The molecule has 0 saturated carbocycles. The molecule has 8 aromatic rings. The topological polar surface area (TPSA) is 64.1 Å². The van der Waals surface area contributed by atoms with E-state index in [2.05, 4.69) is 59.2 Å². The van der Waals surface area contributed by atoms with Crippen molar-refractivity contribution in [1.82, 2.24) is 14.5 Å². The van der Waals surface area contributed by atoms with Gasteiger partial charge in [-0.25, -0.2) is 4.98 Å². The third kappa shape index (κ3) is 3.67. The van der Waals surface area contributed by atoms with Crippen LogP contribution in [-0.4, -0.2) is 19.6 Å². The van der Waals surface area contributed by atoms with Gasteiger partial charge in [0.1, 0.15) is 5.58 Å². The molecule has 0 atom stereocenters. The molecule has 5 aromatic carbocycles. The van der Waals surface area contributed by atoms with Crippen LogP contribution in [0.15, 0.2) is 126 Å². The second kappa shape index (κ2) is 9.13. The Morgan fingerprint density at radius 3 is 1.93 bits per heavy atom. The van der Waals surface area contributed by atoms with Crippen molar-refractivity contribution >= 4 is 43.9 Å². The number of benzene rings is 5. The summed E-state index contributed by atoms with van der Waals surface area (Å²) in [4.78, 5) is 10.3. The first-order valence-electron chi connectivity index (χ1n) is 14.1. The quantitative estimate of drug-likeness (QED) is 0.240. The zero-order chi connectivity index (χ0) is 28.4. The summed E-state index contributed by atoms with van der Waals surface area (Å²) < 4.78 is 8.80. The summed E-state index contributed by atoms with van der Waals surface area (Å²) in [7, 11) is 0. The Bertz CT molecular complexity index is 2240. The monoisotopic (exact) mass is 545 g/mol. The molecule has 8 rings (SSSR count). The zero-order valence-electron chi connectivity index (χ0n) is 23.2. The van der Waals surface area contributed by atoms with Gasteiger partial charge >= 0.3 is 0 Å². The van der Waals surface area contributed by atoms with Crippen molar-refractivity contribution < 1.29 is 9.52 Å². The van der Waals surface area contributed by atoms with Gasteiger partial charge in [0.05, 0.1) is 27.7 Å². The normalized spacial score (nSPS) is 12.2. The lowest BCUT2D eigenvalue weighted by Crippen LogP contribution is -2.16. The van der Waals surface area contributed by atoms with Crippen molar-refractivity contribution in [2.75, 3.05) is 0 Å². The van der Waals surface area contributed by atoms with E-state index in [4.69, 9.17) is 14.4 Å². The highest BCUT2D eigenvalue weighted by Crippen LogP contribution is 2.42. The number of hydrogen-bond acceptors (Lipinski definition) is 4. The van der Waals surface area contributed by atoms with Crippen LogP contribution in [0.25, 0.3) is 72.2 Å². The number of furan rings is 1. The van der Waals surface area contributed by atoms with E-state index in [9.17, 15) is 5.11 Å². The first kappa shape index (κ1) is 24.5. The molecule has 0 aliphatic heterocycles. The highest BCUT2D eigenvalue weighted by molar-refractivity contribution is 6.14. The number of nitrogens with zero attached hydrogens (tertiary/aromatic N) is 3. The number of aromatic nitrogens is 3. The Kier molecular flexibility index (Phi) is 5.33. The van der Waals surface area contributed by atoms with E-state index >= 15 is 0 Å². The molecule has 3 aromatic heterocycles. The Morgan fingerprint density at radius 1 is 0.619 bits per heavy atom. The van der Waals surface area contributed by atoms with Gasteiger partial charge in [-0.15, -0.1) is 0 Å². The minimum atomic E-state index is -1.02. The van der Waals surface area contributed by atoms with E-state index in [1.165, 1.54) is 0 Å². The smallest absolute Gasteiger partial charge is 0.238 e. The number of aliphatic hydroxyl groups is 1. The predicted molar refractivity (Wildman–Crippen MR) is 170 cm³/mol. The maximum Gasteiger partial charge on any atom is 0.238 e. The molecule has 0 amide bonds. The highest BCUT2D eigenvalue weighted by atomic mass is 16.3. The molecule has 0 aliphatic rings. The maximum atomic E-state index is 11.0. The minimum Gasteiger partial charge on any atom is -0.437 e. The van der Waals surface area contributed by atoms with Crippen molar-refractivity contribution in [3.05, 3.63) is 127 Å². The molecule has 5 heteroatoms. The van der Waals surface area contributed by atoms with Crippen LogP contribution in [0.3, 0.4) is 0 Å². The molecular weight excluding hydrogens is 518 g/mol. The summed E-state index contributed by atoms with van der Waals surface area (Å²) in [5.74, 6) is 0.552. The third-order valence-corrected chi connectivity index (χ3v) is 8.05. The van der Waals surface area contributed by atoms with Crippen LogP contribution in [0.5, 0.6) is 0 Å². The van der Waals surface area contributed by atoms with E-state index < -0.39 is 5.60 Å². The van der Waals surface area contributed by atoms with E-state index in [1.54, 1.807) is 0 Å². The van der Waals surface area contributed by atoms with Gasteiger partial charge in [-0.3, -0.25) is 4.57 Å². The maximum absolute atomic E-state index is 11.0. The van der Waals surface area contributed by atoms with Crippen LogP contribution in [0.2, 0.25) is 0 Å². The fourth-order valence-electron chi connectivity index (χ4n) is 6.19. The molecule has 0 unspecified atom stereocenters. The Morgan fingerprint density at radius 2 is 1.21 bits per heavy atom. The number of fused-ring (bicyclic) bond motifs is 6. The summed E-state index contributed by atoms with van der Waals surface area (Å²) in [5.41, 5.74) is 6.73. The average Bonchev–Trinajstić information content (AvgIpc) is 3.56. The van der Waals surface area contributed by atoms with Gasteiger partial charge in [0.15, 0.2) is 0 Å². The van der Waals surface area contributed by atoms with Gasteiger partial charge in [-0.1, -0.05) is 109 Å². The largest absolute Gasteiger partial charge is 0.437 e. The van der Waals surface area contributed by atoms with Gasteiger partial charge in [-0.2, -0.15) is 4.98 Å². The minimum absolute atomic E-state index is 0.518. The molecule has 0 aliphatic carbocycles. The van der Waals surface area contributed by atoms with Crippen LogP contribution in [0, 0.1) is 0 Å². The van der Waals surface area contributed by atoms with E-state index in [0.29, 0.717) is 11.7 Å². The van der Waals surface area contributed by atoms with Crippen molar-refractivity contribution in [3.8, 4) is 28.3 Å². The highest BCUT2D eigenvalue weighted by Gasteiger charge is 2.25. The van der Waals surface area contributed by atoms with Crippen molar-refractivity contribution in [3.63, 3.8) is 0 Å². The lowest BCUT2D eigenvalue weighted by atomic mass is 9.89. The van der Waals surface area contributed by atoms with E-state index in [0.717, 1.165) is 66.1 Å². The first-order chi connectivity index (χ1) is 20.5. The fourth-order valence-corrected chi connectivity index (χ4v) is 6.19. The summed E-state index contributed by atoms with van der Waals surface area (Å²) in [6.45, 7) is 3.61. The van der Waals surface area contributed by atoms with E-state index in [-0.39, 0.29) is 0 Å². The summed E-state index contributed by atoms with van der Waals surface area (Å²) in [6, 6.07) is 41.0. The number of hydrogen-bond donors (Lipinski definition) is 1. The lowest BCUT2D eigenvalue weighted by Gasteiger charge is -2.21. The van der Waals surface area contributed by atoms with Crippen LogP contribution >= 0.6 is 0 Å². The third-order valence-electron chi connectivity index (χ3n) is 8.05. The average molecular weight is 546 g/mol. The van der Waals surface area contributed by atoms with Crippen molar-refractivity contribution in [1.29, 1.82) is 0 Å². The SMILES string of the molecule is CC(C)(O)c1ccccc1-c1cccc2c1oc1nc(-n3c4ccccc4c4ccccc43)nc(-c3ccccc3)c12. The molecule has 0 fully saturated rings. The Labute approximate surface area is 242 Å². The van der Waals surface area contributed by atoms with E-state index in [1.807, 2.05) is 80.6 Å². The number of rotatable bonds is 4. The molecule has 0 bridgehead atoms. The van der Waals surface area contributed by atoms with Crippen LogP contribution < -0.4 is 0 Å². The lowest BCUT2D eigenvalue weighted by molar-refractivity contribution is 0.0792. The standard InChI is InChI=1S/C37H27N3O2/c1-37(2,41)29-20-9-6-15-24(29)27-18-12-19-28-32-33(23-13-4-3-5-14-23)38-36(39-35(32)42-34(27)28)40-30-21-10-7-16-25(30)26-17-8-11-22-31(26)40/h3-22,41H,1-2H3. The van der Waals surface area contributed by atoms with Gasteiger partial charge in [0, 0.05) is 27.3 Å². The Balaban J connectivity index is 1.49. The predicted octanol–water partition coefficient (Wildman–Crippen LogP) is 9.03. The van der Waals surface area contributed by atoms with Crippen LogP contribution in [0.4, 0.5) is 0 Å².